The van der Waals surface area contributed by atoms with Crippen LogP contribution >= 0.6 is 11.3 Å². The van der Waals surface area contributed by atoms with E-state index < -0.39 is 0 Å². The molecule has 2 unspecified atom stereocenters. The van der Waals surface area contributed by atoms with Gasteiger partial charge in [0.05, 0.1) is 12.1 Å². The van der Waals surface area contributed by atoms with Crippen LogP contribution < -0.4 is 11.3 Å². The molecule has 2 atom stereocenters. The number of ether oxygens (including phenoxy) is 1. The maximum atomic E-state index is 5.65. The van der Waals surface area contributed by atoms with Crippen molar-refractivity contribution in [3.8, 4) is 0 Å². The van der Waals surface area contributed by atoms with E-state index in [1.165, 1.54) is 36.1 Å². The fourth-order valence-corrected chi connectivity index (χ4v) is 3.48. The van der Waals surface area contributed by atoms with Crippen LogP contribution in [-0.4, -0.2) is 12.7 Å². The zero-order valence-electron chi connectivity index (χ0n) is 10.4. The predicted molar refractivity (Wildman–Crippen MR) is 71.9 cm³/mol. The van der Waals surface area contributed by atoms with Crippen LogP contribution in [0.3, 0.4) is 0 Å². The van der Waals surface area contributed by atoms with Gasteiger partial charge in [0.25, 0.3) is 0 Å². The van der Waals surface area contributed by atoms with Crippen molar-refractivity contribution in [2.45, 2.75) is 51.2 Å². The molecule has 2 heterocycles. The molecule has 0 bridgehead atoms. The van der Waals surface area contributed by atoms with Gasteiger partial charge in [-0.25, -0.2) is 0 Å². The fourth-order valence-electron chi connectivity index (χ4n) is 2.45. The average Bonchev–Trinajstić information content (AvgIpc) is 2.96. The van der Waals surface area contributed by atoms with Gasteiger partial charge in [-0.1, -0.05) is 0 Å². The third-order valence-electron chi connectivity index (χ3n) is 3.46. The Bertz CT molecular complexity index is 334. The highest BCUT2D eigenvalue weighted by Gasteiger charge is 2.17. The molecule has 0 aliphatic carbocycles. The van der Waals surface area contributed by atoms with Gasteiger partial charge in [-0.3, -0.25) is 11.3 Å². The molecule has 0 saturated carbocycles. The Morgan fingerprint density at radius 1 is 1.65 bits per heavy atom. The van der Waals surface area contributed by atoms with E-state index in [1.54, 1.807) is 11.3 Å². The van der Waals surface area contributed by atoms with Gasteiger partial charge in [-0.2, -0.15) is 0 Å². The summed E-state index contributed by atoms with van der Waals surface area (Å²) in [4.78, 5) is 1.37. The zero-order chi connectivity index (χ0) is 12.1. The number of hydrazine groups is 1. The van der Waals surface area contributed by atoms with E-state index in [2.05, 4.69) is 23.8 Å². The van der Waals surface area contributed by atoms with E-state index in [1.807, 2.05) is 0 Å². The second-order valence-corrected chi connectivity index (χ2v) is 5.70. The minimum atomic E-state index is 0.302. The summed E-state index contributed by atoms with van der Waals surface area (Å²) in [7, 11) is 0. The number of nitrogens with one attached hydrogen (secondary N) is 1. The predicted octanol–water partition coefficient (Wildman–Crippen LogP) is 2.91. The first-order chi connectivity index (χ1) is 8.31. The Morgan fingerprint density at radius 3 is 3.12 bits per heavy atom. The van der Waals surface area contributed by atoms with Crippen LogP contribution in [-0.2, 0) is 4.74 Å². The molecule has 1 fully saturated rings. The van der Waals surface area contributed by atoms with Crippen molar-refractivity contribution in [3.05, 3.63) is 21.9 Å². The normalized spacial score (nSPS) is 21.9. The summed E-state index contributed by atoms with van der Waals surface area (Å²) in [6.45, 7) is 3.10. The zero-order valence-corrected chi connectivity index (χ0v) is 11.3. The third kappa shape index (κ3) is 3.52. The summed E-state index contributed by atoms with van der Waals surface area (Å²) >= 11 is 1.79. The first-order valence-corrected chi connectivity index (χ1v) is 7.31. The van der Waals surface area contributed by atoms with Crippen LogP contribution in [0.2, 0.25) is 0 Å². The quantitative estimate of drug-likeness (QED) is 0.606. The van der Waals surface area contributed by atoms with Gasteiger partial charge in [0.15, 0.2) is 0 Å². The molecule has 1 saturated heterocycles. The van der Waals surface area contributed by atoms with Crippen molar-refractivity contribution in [3.63, 3.8) is 0 Å². The number of hydrogen-bond acceptors (Lipinski definition) is 4. The molecule has 1 aromatic rings. The molecule has 1 aliphatic heterocycles. The van der Waals surface area contributed by atoms with Gasteiger partial charge in [0, 0.05) is 11.5 Å². The lowest BCUT2D eigenvalue weighted by atomic mass is 10.0. The highest BCUT2D eigenvalue weighted by molar-refractivity contribution is 7.10. The Hall–Kier alpha value is -0.420. The average molecular weight is 254 g/mol. The molecule has 96 valence electrons. The number of aryl methyl sites for hydroxylation is 1. The molecule has 0 aromatic carbocycles. The molecular weight excluding hydrogens is 232 g/mol. The SMILES string of the molecule is Cc1ccsc1C(CCCC1CCCO1)NN. The molecular formula is C13H22N2OS. The van der Waals surface area contributed by atoms with Crippen molar-refractivity contribution >= 4 is 11.3 Å². The summed E-state index contributed by atoms with van der Waals surface area (Å²) in [5.74, 6) is 5.65. The van der Waals surface area contributed by atoms with Crippen LogP contribution in [0.1, 0.15) is 48.6 Å². The largest absolute Gasteiger partial charge is 0.378 e. The molecule has 0 spiro atoms. The Morgan fingerprint density at radius 2 is 2.53 bits per heavy atom. The maximum absolute atomic E-state index is 5.65. The van der Waals surface area contributed by atoms with Crippen LogP contribution in [0.25, 0.3) is 0 Å². The molecule has 3 nitrogen and oxygen atoms in total. The highest BCUT2D eigenvalue weighted by atomic mass is 32.1. The lowest BCUT2D eigenvalue weighted by molar-refractivity contribution is 0.101. The second kappa shape index (κ2) is 6.50. The smallest absolute Gasteiger partial charge is 0.0576 e. The van der Waals surface area contributed by atoms with Crippen LogP contribution in [0.4, 0.5) is 0 Å². The lowest BCUT2D eigenvalue weighted by Gasteiger charge is -2.16. The fraction of sp³-hybridized carbons (Fsp3) is 0.692. The molecule has 2 rings (SSSR count). The van der Waals surface area contributed by atoms with E-state index in [-0.39, 0.29) is 0 Å². The standard InChI is InChI=1S/C13H22N2OS/c1-10-7-9-17-13(10)12(15-14)6-2-4-11-5-3-8-16-11/h7,9,11-12,15H,2-6,8,14H2,1H3. The third-order valence-corrected chi connectivity index (χ3v) is 4.59. The summed E-state index contributed by atoms with van der Waals surface area (Å²) < 4.78 is 5.63. The first kappa shape index (κ1) is 13.0. The van der Waals surface area contributed by atoms with E-state index >= 15 is 0 Å². The first-order valence-electron chi connectivity index (χ1n) is 6.43. The summed E-state index contributed by atoms with van der Waals surface area (Å²) in [5, 5.41) is 2.13. The molecule has 0 amide bonds. The van der Waals surface area contributed by atoms with Gasteiger partial charge in [0.2, 0.25) is 0 Å². The van der Waals surface area contributed by atoms with E-state index in [0.717, 1.165) is 13.0 Å². The minimum absolute atomic E-state index is 0.302. The van der Waals surface area contributed by atoms with Crippen molar-refractivity contribution in [1.82, 2.24) is 5.43 Å². The van der Waals surface area contributed by atoms with Crippen molar-refractivity contribution in [2.24, 2.45) is 5.84 Å². The van der Waals surface area contributed by atoms with E-state index in [4.69, 9.17) is 10.6 Å². The van der Waals surface area contributed by atoms with Gasteiger partial charge in [-0.05, 0) is 56.0 Å². The molecule has 0 radical (unpaired) electrons. The topological polar surface area (TPSA) is 47.3 Å². The lowest BCUT2D eigenvalue weighted by Crippen LogP contribution is -2.28. The molecule has 17 heavy (non-hydrogen) atoms. The molecule has 4 heteroatoms. The number of rotatable bonds is 6. The highest BCUT2D eigenvalue weighted by Crippen LogP contribution is 2.28. The minimum Gasteiger partial charge on any atom is -0.378 e. The van der Waals surface area contributed by atoms with Gasteiger partial charge >= 0.3 is 0 Å². The monoisotopic (exact) mass is 254 g/mol. The summed E-state index contributed by atoms with van der Waals surface area (Å²) in [6, 6.07) is 2.46. The Kier molecular flexibility index (Phi) is 4.98. The number of thiophene rings is 1. The maximum Gasteiger partial charge on any atom is 0.0576 e. The Labute approximate surface area is 107 Å². The van der Waals surface area contributed by atoms with Crippen molar-refractivity contribution < 1.29 is 4.74 Å². The van der Waals surface area contributed by atoms with Crippen LogP contribution in [0.15, 0.2) is 11.4 Å². The van der Waals surface area contributed by atoms with E-state index in [0.29, 0.717) is 12.1 Å². The Balaban J connectivity index is 1.77. The van der Waals surface area contributed by atoms with Gasteiger partial charge in [-0.15, -0.1) is 11.3 Å². The van der Waals surface area contributed by atoms with Crippen molar-refractivity contribution in [1.29, 1.82) is 0 Å². The molecule has 1 aliphatic rings. The van der Waals surface area contributed by atoms with Crippen LogP contribution in [0, 0.1) is 6.92 Å². The second-order valence-electron chi connectivity index (χ2n) is 4.75. The molecule has 1 aromatic heterocycles. The van der Waals surface area contributed by atoms with Gasteiger partial charge in [0.1, 0.15) is 0 Å². The summed E-state index contributed by atoms with van der Waals surface area (Å²) in [5.41, 5.74) is 4.28. The molecule has 3 N–H and O–H groups in total. The summed E-state index contributed by atoms with van der Waals surface area (Å²) in [6.07, 6.45) is 6.40. The number of nitrogens with two attached hydrogens (primary N) is 1. The van der Waals surface area contributed by atoms with E-state index in [9.17, 15) is 0 Å². The number of hydrogen-bond donors (Lipinski definition) is 2. The van der Waals surface area contributed by atoms with Gasteiger partial charge < -0.3 is 4.74 Å². The van der Waals surface area contributed by atoms with Crippen molar-refractivity contribution in [2.75, 3.05) is 6.61 Å². The van der Waals surface area contributed by atoms with Crippen LogP contribution in [0.5, 0.6) is 0 Å².